The van der Waals surface area contributed by atoms with Crippen molar-refractivity contribution in [3.8, 4) is 0 Å². The number of rotatable bonds is 7. The number of ether oxygens (including phenoxy) is 1. The van der Waals surface area contributed by atoms with Crippen molar-refractivity contribution < 1.29 is 14.3 Å². The van der Waals surface area contributed by atoms with E-state index in [4.69, 9.17) is 4.74 Å². The summed E-state index contributed by atoms with van der Waals surface area (Å²) in [5, 5.41) is 8.65. The highest BCUT2D eigenvalue weighted by molar-refractivity contribution is 5.94. The molecule has 150 valence electrons. The van der Waals surface area contributed by atoms with Crippen LogP contribution in [0, 0.1) is 0 Å². The fourth-order valence-electron chi connectivity index (χ4n) is 2.95. The van der Waals surface area contributed by atoms with Crippen molar-refractivity contribution in [3.05, 3.63) is 35.4 Å². The van der Waals surface area contributed by atoms with Crippen molar-refractivity contribution in [3.63, 3.8) is 0 Å². The standard InChI is InChI=1S/C20H32N4O3/c1-3-4-15-27-20(26)19(18-7-5-17(6-8-18)16(2)25)24-14-13-22-10-9-21-11-12-23-24/h5-8,19,21-23H,3-4,9-15H2,1-2H3. The van der Waals surface area contributed by atoms with Crippen molar-refractivity contribution in [1.29, 1.82) is 0 Å². The smallest absolute Gasteiger partial charge is 0.329 e. The summed E-state index contributed by atoms with van der Waals surface area (Å²) in [6, 6.07) is 6.67. The van der Waals surface area contributed by atoms with Gasteiger partial charge in [0.05, 0.1) is 6.61 Å². The van der Waals surface area contributed by atoms with Crippen LogP contribution in [0.5, 0.6) is 0 Å². The van der Waals surface area contributed by atoms with E-state index in [0.717, 1.165) is 51.1 Å². The number of hydrogen-bond acceptors (Lipinski definition) is 7. The van der Waals surface area contributed by atoms with Crippen LogP contribution in [0.15, 0.2) is 24.3 Å². The average Bonchev–Trinajstić information content (AvgIpc) is 2.67. The van der Waals surface area contributed by atoms with E-state index in [1.807, 2.05) is 17.1 Å². The van der Waals surface area contributed by atoms with Gasteiger partial charge in [-0.1, -0.05) is 37.6 Å². The summed E-state index contributed by atoms with van der Waals surface area (Å²) >= 11 is 0. The quantitative estimate of drug-likeness (QED) is 0.376. The molecule has 1 unspecified atom stereocenters. The molecule has 0 aliphatic carbocycles. The van der Waals surface area contributed by atoms with Crippen LogP contribution in [-0.2, 0) is 9.53 Å². The summed E-state index contributed by atoms with van der Waals surface area (Å²) in [5.74, 6) is -0.257. The molecule has 0 amide bonds. The highest BCUT2D eigenvalue weighted by Crippen LogP contribution is 2.22. The third-order valence-electron chi connectivity index (χ3n) is 4.53. The Morgan fingerprint density at radius 2 is 1.74 bits per heavy atom. The first-order valence-electron chi connectivity index (χ1n) is 9.82. The van der Waals surface area contributed by atoms with Gasteiger partial charge < -0.3 is 15.4 Å². The Labute approximate surface area is 161 Å². The number of carbonyl (C=O) groups is 2. The lowest BCUT2D eigenvalue weighted by molar-refractivity contribution is -0.152. The first-order valence-corrected chi connectivity index (χ1v) is 9.82. The fourth-order valence-corrected chi connectivity index (χ4v) is 2.95. The van der Waals surface area contributed by atoms with Gasteiger partial charge in [0.15, 0.2) is 5.78 Å². The first-order chi connectivity index (χ1) is 13.1. The molecule has 7 heteroatoms. The number of hydrazine groups is 1. The van der Waals surface area contributed by atoms with Crippen molar-refractivity contribution in [2.45, 2.75) is 32.7 Å². The number of esters is 1. The lowest BCUT2D eigenvalue weighted by Gasteiger charge is -2.32. The highest BCUT2D eigenvalue weighted by Gasteiger charge is 2.29. The van der Waals surface area contributed by atoms with Crippen LogP contribution < -0.4 is 16.1 Å². The number of ketones is 1. The number of carbonyl (C=O) groups excluding carboxylic acids is 2. The van der Waals surface area contributed by atoms with Crippen molar-refractivity contribution in [1.82, 2.24) is 21.1 Å². The molecule has 0 spiro atoms. The van der Waals surface area contributed by atoms with Gasteiger partial charge in [-0.25, -0.2) is 9.80 Å². The van der Waals surface area contributed by atoms with Crippen molar-refractivity contribution in [2.24, 2.45) is 0 Å². The molecular formula is C20H32N4O3. The lowest BCUT2D eigenvalue weighted by Crippen LogP contribution is -2.51. The monoisotopic (exact) mass is 376 g/mol. The Morgan fingerprint density at radius 1 is 1.07 bits per heavy atom. The zero-order valence-corrected chi connectivity index (χ0v) is 16.4. The summed E-state index contributed by atoms with van der Waals surface area (Å²) in [7, 11) is 0. The SMILES string of the molecule is CCCCOC(=O)C(c1ccc(C(C)=O)cc1)N1CCNCCNCCN1. The van der Waals surface area contributed by atoms with Crippen LogP contribution in [-0.4, -0.2) is 62.6 Å². The molecular weight excluding hydrogens is 344 g/mol. The van der Waals surface area contributed by atoms with Crippen LogP contribution in [0.4, 0.5) is 0 Å². The topological polar surface area (TPSA) is 82.7 Å². The van der Waals surface area contributed by atoms with E-state index in [0.29, 0.717) is 18.7 Å². The normalized spacial score (nSPS) is 17.9. The predicted molar refractivity (Wildman–Crippen MR) is 106 cm³/mol. The predicted octanol–water partition coefficient (Wildman–Crippen LogP) is 1.27. The molecule has 1 heterocycles. The molecule has 27 heavy (non-hydrogen) atoms. The molecule has 1 aromatic rings. The molecule has 1 atom stereocenters. The molecule has 0 bridgehead atoms. The van der Waals surface area contributed by atoms with E-state index in [-0.39, 0.29) is 11.8 Å². The molecule has 1 aromatic carbocycles. The number of Topliss-reactive ketones (excluding diaryl/α,β-unsaturated/α-hetero) is 1. The second-order valence-corrected chi connectivity index (χ2v) is 6.70. The Balaban J connectivity index is 2.20. The van der Waals surface area contributed by atoms with Gasteiger partial charge >= 0.3 is 5.97 Å². The summed E-state index contributed by atoms with van der Waals surface area (Å²) in [4.78, 5) is 24.4. The molecule has 1 aliphatic rings. The molecule has 0 saturated carbocycles. The van der Waals surface area contributed by atoms with E-state index >= 15 is 0 Å². The average molecular weight is 377 g/mol. The maximum atomic E-state index is 12.9. The minimum Gasteiger partial charge on any atom is -0.464 e. The number of unbranched alkanes of at least 4 members (excludes halogenated alkanes) is 1. The summed E-state index contributed by atoms with van der Waals surface area (Å²) in [6.45, 7) is 8.83. The molecule has 3 N–H and O–H groups in total. The number of hydrogen-bond donors (Lipinski definition) is 3. The second-order valence-electron chi connectivity index (χ2n) is 6.70. The Kier molecular flexibility index (Phi) is 9.41. The van der Waals surface area contributed by atoms with Gasteiger partial charge in [0.2, 0.25) is 0 Å². The lowest BCUT2D eigenvalue weighted by atomic mass is 10.0. The summed E-state index contributed by atoms with van der Waals surface area (Å²) in [5.41, 5.74) is 4.81. The van der Waals surface area contributed by atoms with Crippen LogP contribution in [0.2, 0.25) is 0 Å². The third-order valence-corrected chi connectivity index (χ3v) is 4.53. The van der Waals surface area contributed by atoms with E-state index < -0.39 is 6.04 Å². The molecule has 0 radical (unpaired) electrons. The minimum absolute atomic E-state index is 0.0102. The van der Waals surface area contributed by atoms with E-state index in [1.54, 1.807) is 12.1 Å². The van der Waals surface area contributed by atoms with Gasteiger partial charge in [0.1, 0.15) is 6.04 Å². The second kappa shape index (κ2) is 11.8. The Morgan fingerprint density at radius 3 is 2.41 bits per heavy atom. The van der Waals surface area contributed by atoms with Crippen molar-refractivity contribution >= 4 is 11.8 Å². The maximum absolute atomic E-state index is 12.9. The summed E-state index contributed by atoms with van der Waals surface area (Å²) < 4.78 is 5.53. The molecule has 1 fully saturated rings. The van der Waals surface area contributed by atoms with Gasteiger partial charge in [-0.2, -0.15) is 0 Å². The van der Waals surface area contributed by atoms with Crippen molar-refractivity contribution in [2.75, 3.05) is 45.9 Å². The molecule has 7 nitrogen and oxygen atoms in total. The van der Waals surface area contributed by atoms with Gasteiger partial charge in [-0.15, -0.1) is 0 Å². The van der Waals surface area contributed by atoms with Crippen LogP contribution in [0.25, 0.3) is 0 Å². The minimum atomic E-state index is -0.552. The van der Waals surface area contributed by atoms with E-state index in [9.17, 15) is 9.59 Å². The van der Waals surface area contributed by atoms with E-state index in [1.165, 1.54) is 6.92 Å². The highest BCUT2D eigenvalue weighted by atomic mass is 16.5. The van der Waals surface area contributed by atoms with Gasteiger partial charge in [-0.3, -0.25) is 10.2 Å². The number of nitrogens with one attached hydrogen (secondary N) is 3. The zero-order chi connectivity index (χ0) is 19.5. The van der Waals surface area contributed by atoms with Gasteiger partial charge in [0, 0.05) is 44.8 Å². The largest absolute Gasteiger partial charge is 0.464 e. The number of benzene rings is 1. The molecule has 0 aromatic heterocycles. The van der Waals surface area contributed by atoms with Crippen LogP contribution >= 0.6 is 0 Å². The van der Waals surface area contributed by atoms with Crippen LogP contribution in [0.1, 0.15) is 48.7 Å². The van der Waals surface area contributed by atoms with E-state index in [2.05, 4.69) is 23.0 Å². The molecule has 2 rings (SSSR count). The fraction of sp³-hybridized carbons (Fsp3) is 0.600. The number of nitrogens with zero attached hydrogens (tertiary/aromatic N) is 1. The molecule has 1 aliphatic heterocycles. The van der Waals surface area contributed by atoms with Crippen LogP contribution in [0.3, 0.4) is 0 Å². The van der Waals surface area contributed by atoms with Gasteiger partial charge in [-0.05, 0) is 18.9 Å². The first kappa shape index (κ1) is 21.5. The maximum Gasteiger partial charge on any atom is 0.329 e. The Bertz CT molecular complexity index is 581. The van der Waals surface area contributed by atoms with Gasteiger partial charge in [0.25, 0.3) is 0 Å². The summed E-state index contributed by atoms with van der Waals surface area (Å²) in [6.07, 6.45) is 1.82. The molecule has 1 saturated heterocycles. The third kappa shape index (κ3) is 7.03. The Hall–Kier alpha value is -1.80. The zero-order valence-electron chi connectivity index (χ0n) is 16.4.